The number of halogens is 1. The van der Waals surface area contributed by atoms with Crippen LogP contribution in [0, 0.1) is 24.1 Å². The van der Waals surface area contributed by atoms with Crippen LogP contribution in [0.2, 0.25) is 0 Å². The lowest BCUT2D eigenvalue weighted by Gasteiger charge is -1.99. The van der Waals surface area contributed by atoms with E-state index < -0.39 is 5.82 Å². The molecule has 0 aliphatic heterocycles. The van der Waals surface area contributed by atoms with Crippen LogP contribution >= 0.6 is 12.6 Å². The van der Waals surface area contributed by atoms with Crippen molar-refractivity contribution in [1.82, 2.24) is 0 Å². The molecule has 0 N–H and O–H groups in total. The summed E-state index contributed by atoms with van der Waals surface area (Å²) in [5, 5.41) is 8.52. The summed E-state index contributed by atoms with van der Waals surface area (Å²) in [5.41, 5.74) is 1.06. The van der Waals surface area contributed by atoms with Gasteiger partial charge in [-0.05, 0) is 24.6 Å². The fraction of sp³-hybridized carbons (Fsp3) is 0.125. The lowest BCUT2D eigenvalue weighted by molar-refractivity contribution is 0.623. The first-order valence-electron chi connectivity index (χ1n) is 3.04. The van der Waals surface area contributed by atoms with Gasteiger partial charge >= 0.3 is 0 Å². The van der Waals surface area contributed by atoms with Crippen LogP contribution in [0.1, 0.15) is 11.1 Å². The molecule has 11 heavy (non-hydrogen) atoms. The Morgan fingerprint density at radius 2 is 2.18 bits per heavy atom. The standard InChI is InChI=1S/C8H6FNS/c1-5-6(4-10)2-7(9)3-8(5)11/h2-3,11H,1H3. The van der Waals surface area contributed by atoms with Crippen molar-refractivity contribution in [3.63, 3.8) is 0 Å². The fourth-order valence-corrected chi connectivity index (χ4v) is 1.02. The second-order valence-corrected chi connectivity index (χ2v) is 2.69. The molecule has 0 aliphatic carbocycles. The van der Waals surface area contributed by atoms with Crippen LogP contribution in [0.5, 0.6) is 0 Å². The Bertz CT molecular complexity index is 328. The van der Waals surface area contributed by atoms with E-state index in [1.54, 1.807) is 6.92 Å². The molecule has 0 saturated carbocycles. The Kier molecular flexibility index (Phi) is 2.16. The maximum absolute atomic E-state index is 12.6. The molecule has 0 aromatic heterocycles. The first-order valence-corrected chi connectivity index (χ1v) is 3.49. The van der Waals surface area contributed by atoms with Crippen molar-refractivity contribution in [3.05, 3.63) is 29.1 Å². The number of hydrogen-bond donors (Lipinski definition) is 1. The van der Waals surface area contributed by atoms with Crippen molar-refractivity contribution in [2.45, 2.75) is 11.8 Å². The molecule has 3 heteroatoms. The van der Waals surface area contributed by atoms with Crippen LogP contribution in [-0.4, -0.2) is 0 Å². The highest BCUT2D eigenvalue weighted by molar-refractivity contribution is 7.80. The lowest BCUT2D eigenvalue weighted by Crippen LogP contribution is -1.86. The topological polar surface area (TPSA) is 23.8 Å². The molecule has 1 rings (SSSR count). The molecule has 56 valence electrons. The summed E-state index contributed by atoms with van der Waals surface area (Å²) in [4.78, 5) is 0.515. The minimum Gasteiger partial charge on any atom is -0.207 e. The Hall–Kier alpha value is -1.01. The van der Waals surface area contributed by atoms with Crippen molar-refractivity contribution in [1.29, 1.82) is 5.26 Å². The molecule has 0 atom stereocenters. The zero-order valence-corrected chi connectivity index (χ0v) is 6.82. The number of nitrogens with zero attached hydrogens (tertiary/aromatic N) is 1. The quantitative estimate of drug-likeness (QED) is 0.589. The fourth-order valence-electron chi connectivity index (χ4n) is 0.781. The highest BCUT2D eigenvalue weighted by atomic mass is 32.1. The van der Waals surface area contributed by atoms with Gasteiger partial charge in [0, 0.05) is 4.90 Å². The first kappa shape index (κ1) is 8.09. The highest BCUT2D eigenvalue weighted by Gasteiger charge is 2.02. The minimum atomic E-state index is -0.419. The molecule has 0 saturated heterocycles. The average molecular weight is 167 g/mol. The van der Waals surface area contributed by atoms with Crippen LogP contribution in [-0.2, 0) is 0 Å². The van der Waals surface area contributed by atoms with Crippen molar-refractivity contribution in [2.24, 2.45) is 0 Å². The third kappa shape index (κ3) is 1.52. The smallest absolute Gasteiger partial charge is 0.125 e. The van der Waals surface area contributed by atoms with E-state index >= 15 is 0 Å². The Balaban J connectivity index is 3.39. The van der Waals surface area contributed by atoms with Gasteiger partial charge in [-0.3, -0.25) is 0 Å². The molecule has 0 bridgehead atoms. The SMILES string of the molecule is Cc1c(S)cc(F)cc1C#N. The third-order valence-electron chi connectivity index (χ3n) is 1.47. The van der Waals surface area contributed by atoms with Gasteiger partial charge in [0.2, 0.25) is 0 Å². The van der Waals surface area contributed by atoms with Crippen LogP contribution in [0.4, 0.5) is 4.39 Å². The van der Waals surface area contributed by atoms with E-state index in [0.29, 0.717) is 10.5 Å². The van der Waals surface area contributed by atoms with Crippen LogP contribution < -0.4 is 0 Å². The van der Waals surface area contributed by atoms with Gasteiger partial charge in [-0.1, -0.05) is 0 Å². The number of thiol groups is 1. The maximum atomic E-state index is 12.6. The van der Waals surface area contributed by atoms with Crippen LogP contribution in [0.3, 0.4) is 0 Å². The number of rotatable bonds is 0. The van der Waals surface area contributed by atoms with Gasteiger partial charge in [0.1, 0.15) is 5.82 Å². The van der Waals surface area contributed by atoms with Gasteiger partial charge in [0.25, 0.3) is 0 Å². The minimum absolute atomic E-state index is 0.343. The predicted molar refractivity (Wildman–Crippen MR) is 43.1 cm³/mol. The zero-order chi connectivity index (χ0) is 8.43. The first-order chi connectivity index (χ1) is 5.15. The Morgan fingerprint density at radius 3 is 2.73 bits per heavy atom. The highest BCUT2D eigenvalue weighted by Crippen LogP contribution is 2.18. The van der Waals surface area contributed by atoms with Crippen LogP contribution in [0.25, 0.3) is 0 Å². The van der Waals surface area contributed by atoms with E-state index in [9.17, 15) is 4.39 Å². The normalized spacial score (nSPS) is 9.27. The van der Waals surface area contributed by atoms with Crippen molar-refractivity contribution in [2.75, 3.05) is 0 Å². The molecule has 1 nitrogen and oxygen atoms in total. The molecule has 0 amide bonds. The molecular formula is C8H6FNS. The summed E-state index contributed by atoms with van der Waals surface area (Å²) in [6.45, 7) is 1.74. The Labute approximate surface area is 69.9 Å². The average Bonchev–Trinajstić information content (AvgIpc) is 1.96. The maximum Gasteiger partial charge on any atom is 0.125 e. The van der Waals surface area contributed by atoms with Gasteiger partial charge in [0.05, 0.1) is 11.6 Å². The van der Waals surface area contributed by atoms with Gasteiger partial charge in [-0.25, -0.2) is 4.39 Å². The van der Waals surface area contributed by atoms with Crippen molar-refractivity contribution >= 4 is 12.6 Å². The molecule has 0 spiro atoms. The lowest BCUT2D eigenvalue weighted by atomic mass is 10.1. The van der Waals surface area contributed by atoms with Gasteiger partial charge < -0.3 is 0 Å². The third-order valence-corrected chi connectivity index (χ3v) is 1.93. The molecule has 0 radical (unpaired) electrons. The van der Waals surface area contributed by atoms with E-state index in [1.165, 1.54) is 12.1 Å². The summed E-state index contributed by atoms with van der Waals surface area (Å²) < 4.78 is 12.6. The van der Waals surface area contributed by atoms with E-state index in [0.717, 1.165) is 5.56 Å². The summed E-state index contributed by atoms with van der Waals surface area (Å²) in [6.07, 6.45) is 0. The van der Waals surface area contributed by atoms with Gasteiger partial charge in [0.15, 0.2) is 0 Å². The summed E-state index contributed by atoms with van der Waals surface area (Å²) in [6, 6.07) is 4.38. The molecule has 0 heterocycles. The molecule has 1 aromatic carbocycles. The monoisotopic (exact) mass is 167 g/mol. The molecule has 1 aromatic rings. The number of benzene rings is 1. The summed E-state index contributed by atoms with van der Waals surface area (Å²) in [7, 11) is 0. The number of hydrogen-bond acceptors (Lipinski definition) is 2. The van der Waals surface area contributed by atoms with Gasteiger partial charge in [-0.2, -0.15) is 5.26 Å². The second kappa shape index (κ2) is 2.93. The largest absolute Gasteiger partial charge is 0.207 e. The molecular weight excluding hydrogens is 161 g/mol. The Morgan fingerprint density at radius 1 is 1.55 bits per heavy atom. The zero-order valence-electron chi connectivity index (χ0n) is 5.93. The van der Waals surface area contributed by atoms with E-state index in [-0.39, 0.29) is 0 Å². The summed E-state index contributed by atoms with van der Waals surface area (Å²) >= 11 is 4.00. The molecule has 0 unspecified atom stereocenters. The van der Waals surface area contributed by atoms with Crippen molar-refractivity contribution in [3.8, 4) is 6.07 Å². The van der Waals surface area contributed by atoms with Crippen molar-refractivity contribution < 1.29 is 4.39 Å². The van der Waals surface area contributed by atoms with E-state index in [4.69, 9.17) is 5.26 Å². The summed E-state index contributed by atoms with van der Waals surface area (Å²) in [5.74, 6) is -0.419. The molecule has 0 fully saturated rings. The van der Waals surface area contributed by atoms with E-state index in [1.807, 2.05) is 6.07 Å². The van der Waals surface area contributed by atoms with E-state index in [2.05, 4.69) is 12.6 Å². The predicted octanol–water partition coefficient (Wildman–Crippen LogP) is 2.29. The van der Waals surface area contributed by atoms with Gasteiger partial charge in [-0.15, -0.1) is 12.6 Å². The molecule has 0 aliphatic rings. The van der Waals surface area contributed by atoms with Crippen LogP contribution in [0.15, 0.2) is 17.0 Å². The second-order valence-electron chi connectivity index (χ2n) is 2.21. The number of nitriles is 1.